The second kappa shape index (κ2) is 8.53. The van der Waals surface area contributed by atoms with Gasteiger partial charge in [-0.1, -0.05) is 11.6 Å². The molecule has 8 nitrogen and oxygen atoms in total. The van der Waals surface area contributed by atoms with E-state index in [4.69, 9.17) is 16.3 Å². The molecule has 2 amide bonds. The summed E-state index contributed by atoms with van der Waals surface area (Å²) in [6.45, 7) is 2.39. The molecule has 1 saturated heterocycles. The predicted octanol–water partition coefficient (Wildman–Crippen LogP) is 2.70. The third-order valence-electron chi connectivity index (χ3n) is 4.98. The van der Waals surface area contributed by atoms with Gasteiger partial charge in [0.25, 0.3) is 5.91 Å². The number of hydrogen-bond acceptors (Lipinski definition) is 7. The van der Waals surface area contributed by atoms with Gasteiger partial charge in [-0.25, -0.2) is 4.79 Å². The summed E-state index contributed by atoms with van der Waals surface area (Å²) < 4.78 is 5.96. The third kappa shape index (κ3) is 4.36. The van der Waals surface area contributed by atoms with Crippen molar-refractivity contribution >= 4 is 46.5 Å². The molecule has 0 bridgehead atoms. The Hall–Kier alpha value is -2.78. The van der Waals surface area contributed by atoms with Crippen molar-refractivity contribution in [2.24, 2.45) is 5.10 Å². The lowest BCUT2D eigenvalue weighted by atomic mass is 10.1. The van der Waals surface area contributed by atoms with Crippen molar-refractivity contribution in [2.45, 2.75) is 6.10 Å². The van der Waals surface area contributed by atoms with E-state index in [0.29, 0.717) is 15.8 Å². The van der Waals surface area contributed by atoms with Gasteiger partial charge in [0.1, 0.15) is 6.10 Å². The number of hydrogen-bond donors (Lipinski definition) is 1. The van der Waals surface area contributed by atoms with E-state index in [1.807, 2.05) is 43.4 Å². The number of benzene rings is 1. The van der Waals surface area contributed by atoms with Gasteiger partial charge in [-0.2, -0.15) is 5.10 Å². The molecule has 30 heavy (non-hydrogen) atoms. The van der Waals surface area contributed by atoms with E-state index in [2.05, 4.69) is 15.3 Å². The normalized spacial score (nSPS) is 19.0. The number of halogens is 1. The number of carbonyl (C=O) groups excluding carboxylic acids is 2. The Morgan fingerprint density at radius 3 is 2.70 bits per heavy atom. The first-order valence-corrected chi connectivity index (χ1v) is 10.7. The average molecular weight is 448 g/mol. The van der Waals surface area contributed by atoms with Crippen LogP contribution in [0.25, 0.3) is 0 Å². The molecule has 0 radical (unpaired) electrons. The number of amides is 2. The van der Waals surface area contributed by atoms with Crippen LogP contribution in [-0.4, -0.2) is 74.1 Å². The van der Waals surface area contributed by atoms with E-state index in [9.17, 15) is 9.59 Å². The fourth-order valence-corrected chi connectivity index (χ4v) is 4.29. The number of cyclic esters (lactones) is 1. The summed E-state index contributed by atoms with van der Waals surface area (Å²) in [7, 11) is 3.97. The maximum absolute atomic E-state index is 12.3. The molecule has 158 valence electrons. The Morgan fingerprint density at radius 2 is 2.00 bits per heavy atom. The van der Waals surface area contributed by atoms with Gasteiger partial charge < -0.3 is 15.0 Å². The second-order valence-corrected chi connectivity index (χ2v) is 8.92. The highest BCUT2D eigenvalue weighted by Crippen LogP contribution is 2.24. The van der Waals surface area contributed by atoms with Gasteiger partial charge in [0.2, 0.25) is 0 Å². The number of anilines is 1. The number of nitrogens with zero attached hydrogens (tertiary/aromatic N) is 4. The maximum Gasteiger partial charge on any atom is 0.414 e. The Labute approximate surface area is 183 Å². The minimum absolute atomic E-state index is 0.229. The maximum atomic E-state index is 12.3. The van der Waals surface area contributed by atoms with Gasteiger partial charge in [0.15, 0.2) is 5.84 Å². The number of ether oxygens (including phenoxy) is 1. The second-order valence-electron chi connectivity index (χ2n) is 7.20. The number of likely N-dealkylation sites (N-methyl/N-ethyl adjacent to an activating group) is 2. The SMILES string of the molecule is CN1CCN(C)C(c2ccc(N3C[C@H](CNC(=O)c4ccc(Cl)s4)OC3=O)cc2)=N1. The molecule has 4 rings (SSSR count). The van der Waals surface area contributed by atoms with Gasteiger partial charge in [0, 0.05) is 31.9 Å². The van der Waals surface area contributed by atoms with E-state index in [0.717, 1.165) is 30.2 Å². The Bertz CT molecular complexity index is 977. The van der Waals surface area contributed by atoms with Crippen molar-refractivity contribution in [2.75, 3.05) is 45.2 Å². The Morgan fingerprint density at radius 1 is 1.23 bits per heavy atom. The molecule has 0 unspecified atom stereocenters. The summed E-state index contributed by atoms with van der Waals surface area (Å²) >= 11 is 7.07. The molecule has 0 aliphatic carbocycles. The van der Waals surface area contributed by atoms with Crippen LogP contribution in [0.2, 0.25) is 4.34 Å². The lowest BCUT2D eigenvalue weighted by molar-refractivity contribution is 0.0920. The highest BCUT2D eigenvalue weighted by molar-refractivity contribution is 7.18. The first kappa shape index (κ1) is 20.5. The molecule has 1 atom stereocenters. The van der Waals surface area contributed by atoms with Gasteiger partial charge in [0.05, 0.1) is 28.8 Å². The molecule has 1 aromatic heterocycles. The van der Waals surface area contributed by atoms with Crippen LogP contribution in [0, 0.1) is 0 Å². The van der Waals surface area contributed by atoms with Crippen LogP contribution in [0.1, 0.15) is 15.2 Å². The van der Waals surface area contributed by atoms with Crippen LogP contribution in [0.5, 0.6) is 0 Å². The highest BCUT2D eigenvalue weighted by Gasteiger charge is 2.32. The van der Waals surface area contributed by atoms with Crippen molar-refractivity contribution in [1.29, 1.82) is 0 Å². The molecule has 10 heteroatoms. The van der Waals surface area contributed by atoms with Crippen LogP contribution in [0.15, 0.2) is 41.5 Å². The molecular formula is C20H22ClN5O3S. The zero-order chi connectivity index (χ0) is 21.3. The Balaban J connectivity index is 1.37. The minimum atomic E-state index is -0.423. The molecule has 2 aliphatic rings. The van der Waals surface area contributed by atoms with Gasteiger partial charge >= 0.3 is 6.09 Å². The zero-order valence-electron chi connectivity index (χ0n) is 16.7. The Kier molecular flexibility index (Phi) is 5.83. The van der Waals surface area contributed by atoms with Crippen LogP contribution in [-0.2, 0) is 4.74 Å². The van der Waals surface area contributed by atoms with E-state index < -0.39 is 12.2 Å². The molecular weight excluding hydrogens is 426 g/mol. The first-order chi connectivity index (χ1) is 14.4. The fraction of sp³-hybridized carbons (Fsp3) is 0.350. The molecule has 2 aromatic rings. The number of thiophene rings is 1. The molecule has 1 N–H and O–H groups in total. The number of nitrogens with one attached hydrogen (secondary N) is 1. The summed E-state index contributed by atoms with van der Waals surface area (Å²) in [6, 6.07) is 11.0. The quantitative estimate of drug-likeness (QED) is 0.762. The van der Waals surface area contributed by atoms with E-state index in [-0.39, 0.29) is 12.5 Å². The number of amidine groups is 1. The standard InChI is InChI=1S/C20H22ClN5O3S/c1-24-9-10-25(2)23-18(24)13-3-5-14(6-4-13)26-12-15(29-20(26)28)11-22-19(27)16-7-8-17(21)30-16/h3-8,15H,9-12H2,1-2H3,(H,22,27)/t15-/m0/s1. The van der Waals surface area contributed by atoms with Crippen LogP contribution in [0.3, 0.4) is 0 Å². The molecule has 0 saturated carbocycles. The lowest BCUT2D eigenvalue weighted by Crippen LogP contribution is -2.40. The van der Waals surface area contributed by atoms with E-state index in [1.54, 1.807) is 17.0 Å². The summed E-state index contributed by atoms with van der Waals surface area (Å²) in [5.41, 5.74) is 1.73. The smallest absolute Gasteiger partial charge is 0.414 e. The van der Waals surface area contributed by atoms with Crippen molar-refractivity contribution < 1.29 is 14.3 Å². The molecule has 1 aromatic carbocycles. The average Bonchev–Trinajstić information content (AvgIpc) is 3.34. The number of hydrazone groups is 1. The molecule has 3 heterocycles. The van der Waals surface area contributed by atoms with Crippen LogP contribution in [0.4, 0.5) is 10.5 Å². The summed E-state index contributed by atoms with van der Waals surface area (Å²) in [6.07, 6.45) is -0.841. The predicted molar refractivity (Wildman–Crippen MR) is 118 cm³/mol. The van der Waals surface area contributed by atoms with Crippen LogP contribution >= 0.6 is 22.9 Å². The summed E-state index contributed by atoms with van der Waals surface area (Å²) in [5, 5.41) is 9.29. The van der Waals surface area contributed by atoms with Gasteiger partial charge in [-0.3, -0.25) is 14.7 Å². The molecule has 0 spiro atoms. The van der Waals surface area contributed by atoms with Gasteiger partial charge in [-0.05, 0) is 36.4 Å². The largest absolute Gasteiger partial charge is 0.442 e. The molecule has 1 fully saturated rings. The van der Waals surface area contributed by atoms with Gasteiger partial charge in [-0.15, -0.1) is 11.3 Å². The number of carbonyl (C=O) groups is 2. The topological polar surface area (TPSA) is 77.5 Å². The van der Waals surface area contributed by atoms with Crippen molar-refractivity contribution in [3.8, 4) is 0 Å². The summed E-state index contributed by atoms with van der Waals surface area (Å²) in [5.74, 6) is 0.668. The first-order valence-electron chi connectivity index (χ1n) is 9.53. The summed E-state index contributed by atoms with van der Waals surface area (Å²) in [4.78, 5) is 28.7. The van der Waals surface area contributed by atoms with E-state index >= 15 is 0 Å². The van der Waals surface area contributed by atoms with Crippen molar-refractivity contribution in [3.63, 3.8) is 0 Å². The van der Waals surface area contributed by atoms with Crippen molar-refractivity contribution in [1.82, 2.24) is 15.2 Å². The number of rotatable bonds is 5. The minimum Gasteiger partial charge on any atom is -0.442 e. The zero-order valence-corrected chi connectivity index (χ0v) is 18.2. The lowest BCUT2D eigenvalue weighted by Gasteiger charge is -2.30. The van der Waals surface area contributed by atoms with E-state index in [1.165, 1.54) is 11.3 Å². The third-order valence-corrected chi connectivity index (χ3v) is 6.21. The van der Waals surface area contributed by atoms with Crippen LogP contribution < -0.4 is 10.2 Å². The fourth-order valence-electron chi connectivity index (χ4n) is 3.33. The molecule has 2 aliphatic heterocycles. The monoisotopic (exact) mass is 447 g/mol. The van der Waals surface area contributed by atoms with Crippen molar-refractivity contribution in [3.05, 3.63) is 51.2 Å². The highest BCUT2D eigenvalue weighted by atomic mass is 35.5.